The Morgan fingerprint density at radius 1 is 0.946 bits per heavy atom. The largest absolute Gasteiger partial charge is 0.355 e. The molecule has 196 valence electrons. The number of nitrogens with one attached hydrogen (secondary N) is 1. The average Bonchev–Trinajstić information content (AvgIpc) is 2.89. The van der Waals surface area contributed by atoms with Crippen LogP contribution in [0.25, 0.3) is 0 Å². The number of anilines is 1. The van der Waals surface area contributed by atoms with Crippen molar-refractivity contribution in [2.75, 3.05) is 17.4 Å². The van der Waals surface area contributed by atoms with Gasteiger partial charge in [0.25, 0.3) is 10.0 Å². The Morgan fingerprint density at radius 2 is 1.57 bits per heavy atom. The molecule has 0 saturated heterocycles. The van der Waals surface area contributed by atoms with Crippen LogP contribution in [0.2, 0.25) is 0 Å². The van der Waals surface area contributed by atoms with Crippen molar-refractivity contribution in [2.45, 2.75) is 37.8 Å². The number of halogens is 2. The molecule has 10 heteroatoms. The van der Waals surface area contributed by atoms with Gasteiger partial charge in [0, 0.05) is 16.7 Å². The Labute approximate surface area is 230 Å². The summed E-state index contributed by atoms with van der Waals surface area (Å²) in [4.78, 5) is 28.1. The summed E-state index contributed by atoms with van der Waals surface area (Å²) in [6, 6.07) is 19.5. The molecule has 0 aliphatic rings. The van der Waals surface area contributed by atoms with Crippen molar-refractivity contribution < 1.29 is 22.4 Å². The number of likely N-dealkylation sites (N-methyl/N-ethyl adjacent to an activating group) is 1. The topological polar surface area (TPSA) is 86.8 Å². The van der Waals surface area contributed by atoms with Crippen LogP contribution in [0, 0.1) is 9.39 Å². The second kappa shape index (κ2) is 13.0. The van der Waals surface area contributed by atoms with E-state index in [4.69, 9.17) is 0 Å². The lowest BCUT2D eigenvalue weighted by atomic mass is 10.1. The van der Waals surface area contributed by atoms with E-state index in [0.717, 1.165) is 7.88 Å². The number of amides is 2. The predicted octanol–water partition coefficient (Wildman–Crippen LogP) is 4.57. The Balaban J connectivity index is 2.03. The van der Waals surface area contributed by atoms with E-state index >= 15 is 0 Å². The van der Waals surface area contributed by atoms with Gasteiger partial charge < -0.3 is 10.2 Å². The first-order valence-electron chi connectivity index (χ1n) is 11.8. The summed E-state index contributed by atoms with van der Waals surface area (Å²) in [6.45, 7) is 3.44. The zero-order valence-corrected chi connectivity index (χ0v) is 23.6. The number of hydrogen-bond acceptors (Lipinski definition) is 4. The van der Waals surface area contributed by atoms with Gasteiger partial charge in [-0.1, -0.05) is 37.3 Å². The molecule has 3 aromatic carbocycles. The first kappa shape index (κ1) is 28.6. The molecule has 0 bridgehead atoms. The maximum absolute atomic E-state index is 13.8. The van der Waals surface area contributed by atoms with E-state index in [1.807, 2.05) is 0 Å². The minimum atomic E-state index is -4.10. The molecule has 0 fully saturated rings. The third-order valence-corrected chi connectivity index (χ3v) is 8.24. The molecular weight excluding hydrogens is 608 g/mol. The second-order valence-corrected chi connectivity index (χ2v) is 11.4. The number of carbonyl (C=O) groups excluding carboxylic acids is 2. The summed E-state index contributed by atoms with van der Waals surface area (Å²) in [7, 11) is -4.10. The van der Waals surface area contributed by atoms with E-state index < -0.39 is 34.3 Å². The SMILES string of the molecule is CCNC(=O)C(CC)N(Cc1ccc(F)cc1)C(=O)CN(c1ccc(I)cc1)S(=O)(=O)c1ccccc1. The molecule has 37 heavy (non-hydrogen) atoms. The highest BCUT2D eigenvalue weighted by Crippen LogP contribution is 2.25. The highest BCUT2D eigenvalue weighted by Gasteiger charge is 2.33. The second-order valence-electron chi connectivity index (χ2n) is 8.27. The standard InChI is InChI=1S/C27H29FIN3O4S/c1-3-25(27(34)30-4-2)31(18-20-10-12-21(28)13-11-20)26(33)19-32(23-16-14-22(29)15-17-23)37(35,36)24-8-6-5-7-9-24/h5-17,25H,3-4,18-19H2,1-2H3,(H,30,34). The normalized spacial score (nSPS) is 12.0. The third-order valence-electron chi connectivity index (χ3n) is 5.73. The number of benzene rings is 3. The van der Waals surface area contributed by atoms with Crippen LogP contribution in [0.3, 0.4) is 0 Å². The summed E-state index contributed by atoms with van der Waals surface area (Å²) < 4.78 is 42.8. The summed E-state index contributed by atoms with van der Waals surface area (Å²) >= 11 is 2.12. The number of hydrogen-bond donors (Lipinski definition) is 1. The first-order chi connectivity index (χ1) is 17.7. The molecule has 1 N–H and O–H groups in total. The molecule has 0 saturated carbocycles. The third kappa shape index (κ3) is 7.29. The maximum atomic E-state index is 13.8. The number of carbonyl (C=O) groups is 2. The molecule has 7 nitrogen and oxygen atoms in total. The minimum absolute atomic E-state index is 0.0146. The van der Waals surface area contributed by atoms with Crippen molar-refractivity contribution in [3.05, 3.63) is 93.8 Å². The summed E-state index contributed by atoms with van der Waals surface area (Å²) in [5, 5.41) is 2.75. The van der Waals surface area contributed by atoms with Crippen LogP contribution in [0.4, 0.5) is 10.1 Å². The number of rotatable bonds is 11. The predicted molar refractivity (Wildman–Crippen MR) is 150 cm³/mol. The van der Waals surface area contributed by atoms with E-state index in [-0.39, 0.29) is 17.3 Å². The highest BCUT2D eigenvalue weighted by atomic mass is 127. The molecule has 1 unspecified atom stereocenters. The monoisotopic (exact) mass is 637 g/mol. The van der Waals surface area contributed by atoms with Crippen LogP contribution in [-0.4, -0.2) is 44.3 Å². The minimum Gasteiger partial charge on any atom is -0.355 e. The van der Waals surface area contributed by atoms with Crippen LogP contribution >= 0.6 is 22.6 Å². The van der Waals surface area contributed by atoms with Crippen molar-refractivity contribution in [3.8, 4) is 0 Å². The van der Waals surface area contributed by atoms with Gasteiger partial charge in [-0.2, -0.15) is 0 Å². The molecule has 0 aliphatic heterocycles. The fourth-order valence-corrected chi connectivity index (χ4v) is 5.65. The highest BCUT2D eigenvalue weighted by molar-refractivity contribution is 14.1. The van der Waals surface area contributed by atoms with Crippen LogP contribution < -0.4 is 9.62 Å². The van der Waals surface area contributed by atoms with E-state index in [9.17, 15) is 22.4 Å². The zero-order valence-electron chi connectivity index (χ0n) is 20.6. The quantitative estimate of drug-likeness (QED) is 0.313. The Hall–Kier alpha value is -2.99. The van der Waals surface area contributed by atoms with Gasteiger partial charge in [-0.15, -0.1) is 0 Å². The Bertz CT molecular complexity index is 1300. The Kier molecular flexibility index (Phi) is 10.0. The molecule has 1 atom stereocenters. The molecule has 3 aromatic rings. The van der Waals surface area contributed by atoms with Gasteiger partial charge >= 0.3 is 0 Å². The van der Waals surface area contributed by atoms with Crippen LogP contribution in [0.1, 0.15) is 25.8 Å². The van der Waals surface area contributed by atoms with Crippen molar-refractivity contribution in [1.29, 1.82) is 0 Å². The van der Waals surface area contributed by atoms with Gasteiger partial charge in [0.15, 0.2) is 0 Å². The van der Waals surface area contributed by atoms with E-state index in [1.165, 1.54) is 41.3 Å². The Morgan fingerprint density at radius 3 is 2.14 bits per heavy atom. The molecule has 3 rings (SSSR count). The molecule has 2 amide bonds. The smallest absolute Gasteiger partial charge is 0.264 e. The summed E-state index contributed by atoms with van der Waals surface area (Å²) in [5.41, 5.74) is 0.939. The zero-order chi connectivity index (χ0) is 27.0. The molecular formula is C27H29FIN3O4S. The lowest BCUT2D eigenvalue weighted by Crippen LogP contribution is -2.52. The van der Waals surface area contributed by atoms with Gasteiger partial charge in [-0.3, -0.25) is 13.9 Å². The van der Waals surface area contributed by atoms with Gasteiger partial charge in [0.05, 0.1) is 10.6 Å². The summed E-state index contributed by atoms with van der Waals surface area (Å²) in [6.07, 6.45) is 0.313. The fraction of sp³-hybridized carbons (Fsp3) is 0.259. The van der Waals surface area contributed by atoms with Crippen LogP contribution in [0.5, 0.6) is 0 Å². The first-order valence-corrected chi connectivity index (χ1v) is 14.3. The molecule has 0 spiro atoms. The van der Waals surface area contributed by atoms with Crippen LogP contribution in [0.15, 0.2) is 83.8 Å². The van der Waals surface area contributed by atoms with Gasteiger partial charge in [-0.05, 0) is 90.0 Å². The number of sulfonamides is 1. The van der Waals surface area contributed by atoms with E-state index in [0.29, 0.717) is 24.2 Å². The van der Waals surface area contributed by atoms with Crippen molar-refractivity contribution in [2.24, 2.45) is 0 Å². The van der Waals surface area contributed by atoms with Crippen molar-refractivity contribution in [1.82, 2.24) is 10.2 Å². The lowest BCUT2D eigenvalue weighted by Gasteiger charge is -2.33. The molecule has 0 aliphatic carbocycles. The van der Waals surface area contributed by atoms with E-state index in [2.05, 4.69) is 27.9 Å². The van der Waals surface area contributed by atoms with Gasteiger partial charge in [0.1, 0.15) is 18.4 Å². The molecule has 0 heterocycles. The van der Waals surface area contributed by atoms with Crippen LogP contribution in [-0.2, 0) is 26.2 Å². The average molecular weight is 638 g/mol. The number of nitrogens with zero attached hydrogens (tertiary/aromatic N) is 2. The summed E-state index contributed by atoms with van der Waals surface area (Å²) in [5.74, 6) is -1.32. The maximum Gasteiger partial charge on any atom is 0.264 e. The lowest BCUT2D eigenvalue weighted by molar-refractivity contribution is -0.140. The van der Waals surface area contributed by atoms with E-state index in [1.54, 1.807) is 56.3 Å². The van der Waals surface area contributed by atoms with Gasteiger partial charge in [0.2, 0.25) is 11.8 Å². The molecule has 0 radical (unpaired) electrons. The van der Waals surface area contributed by atoms with Crippen molar-refractivity contribution in [3.63, 3.8) is 0 Å². The van der Waals surface area contributed by atoms with Gasteiger partial charge in [-0.25, -0.2) is 12.8 Å². The molecule has 0 aromatic heterocycles. The fourth-order valence-electron chi connectivity index (χ4n) is 3.85. The van der Waals surface area contributed by atoms with Crippen molar-refractivity contribution >= 4 is 50.1 Å².